The molecule has 45 valence electrons. The molecule has 0 aromatic heterocycles. The lowest BCUT2D eigenvalue weighted by Crippen LogP contribution is -2.06. The Bertz CT molecular complexity index is 109. The summed E-state index contributed by atoms with van der Waals surface area (Å²) in [5.41, 5.74) is 0. The van der Waals surface area contributed by atoms with Gasteiger partial charge in [-0.25, -0.2) is 0 Å². The van der Waals surface area contributed by atoms with E-state index in [1.165, 1.54) is 0 Å². The number of ketones is 1. The highest BCUT2D eigenvalue weighted by Gasteiger charge is 2.28. The second kappa shape index (κ2) is 1.86. The van der Waals surface area contributed by atoms with Crippen molar-refractivity contribution in [2.45, 2.75) is 13.8 Å². The molecule has 0 aromatic carbocycles. The Morgan fingerprint density at radius 3 is 2.50 bits per heavy atom. The third kappa shape index (κ3) is 0.757. The zero-order chi connectivity index (χ0) is 6.15. The first-order valence-corrected chi connectivity index (χ1v) is 2.71. The first-order chi connectivity index (χ1) is 3.72. The molecule has 1 rings (SSSR count). The molecule has 0 N–H and O–H groups in total. The molecule has 1 radical (unpaired) electrons. The zero-order valence-corrected chi connectivity index (χ0v) is 5.10. The van der Waals surface area contributed by atoms with E-state index in [1.54, 1.807) is 0 Å². The molecule has 0 bridgehead atoms. The number of ether oxygens (including phenoxy) is 1. The summed E-state index contributed by atoms with van der Waals surface area (Å²) in [4.78, 5) is 10.6. The van der Waals surface area contributed by atoms with Gasteiger partial charge in [0.05, 0.1) is 0 Å². The van der Waals surface area contributed by atoms with E-state index in [2.05, 4.69) is 0 Å². The maximum absolute atomic E-state index is 10.6. The van der Waals surface area contributed by atoms with Crippen molar-refractivity contribution < 1.29 is 9.53 Å². The minimum Gasteiger partial charge on any atom is -0.364 e. The highest BCUT2D eigenvalue weighted by atomic mass is 16.5. The lowest BCUT2D eigenvalue weighted by atomic mass is 10.1. The molecule has 2 heteroatoms. The summed E-state index contributed by atoms with van der Waals surface area (Å²) < 4.78 is 4.94. The molecule has 1 fully saturated rings. The van der Waals surface area contributed by atoms with Crippen LogP contribution in [0.3, 0.4) is 0 Å². The fraction of sp³-hybridized carbons (Fsp3) is 0.667. The highest BCUT2D eigenvalue weighted by Crippen LogP contribution is 2.22. The van der Waals surface area contributed by atoms with Crippen LogP contribution >= 0.6 is 0 Å². The second-order valence-corrected chi connectivity index (χ2v) is 2.09. The molecule has 0 amide bonds. The van der Waals surface area contributed by atoms with E-state index in [0.717, 1.165) is 6.10 Å². The van der Waals surface area contributed by atoms with Crippen molar-refractivity contribution in [3.8, 4) is 0 Å². The fourth-order valence-corrected chi connectivity index (χ4v) is 0.662. The normalized spacial score (nSPS) is 31.8. The summed E-state index contributed by atoms with van der Waals surface area (Å²) >= 11 is 0. The summed E-state index contributed by atoms with van der Waals surface area (Å²) in [6.07, 6.45) is 0.856. The third-order valence-corrected chi connectivity index (χ3v) is 1.53. The van der Waals surface area contributed by atoms with Gasteiger partial charge in [0.2, 0.25) is 0 Å². The molecule has 1 aliphatic rings. The molecule has 0 aromatic rings. The zero-order valence-electron chi connectivity index (χ0n) is 5.10. The summed E-state index contributed by atoms with van der Waals surface area (Å²) in [5, 5.41) is 0. The molecule has 1 unspecified atom stereocenters. The quantitative estimate of drug-likeness (QED) is 0.464. The van der Waals surface area contributed by atoms with Crippen molar-refractivity contribution in [1.82, 2.24) is 0 Å². The molecule has 1 atom stereocenters. The largest absolute Gasteiger partial charge is 0.364 e. The number of Topliss-reactive ketones (excluding diaryl/α,β-unsaturated/α-hetero) is 1. The topological polar surface area (TPSA) is 26.3 Å². The number of carbonyl (C=O) groups is 1. The molecule has 1 saturated heterocycles. The van der Waals surface area contributed by atoms with E-state index in [9.17, 15) is 4.79 Å². The minimum atomic E-state index is 0.0370. The monoisotopic (exact) mass is 113 g/mol. The first kappa shape index (κ1) is 5.76. The van der Waals surface area contributed by atoms with E-state index >= 15 is 0 Å². The summed E-state index contributed by atoms with van der Waals surface area (Å²) in [6, 6.07) is 0. The van der Waals surface area contributed by atoms with E-state index in [-0.39, 0.29) is 18.3 Å². The molecule has 8 heavy (non-hydrogen) atoms. The van der Waals surface area contributed by atoms with Gasteiger partial charge < -0.3 is 4.74 Å². The molecule has 1 aliphatic heterocycles. The fourth-order valence-electron chi connectivity index (χ4n) is 0.662. The Labute approximate surface area is 48.8 Å². The number of rotatable bonds is 0. The van der Waals surface area contributed by atoms with Gasteiger partial charge in [-0.3, -0.25) is 4.79 Å². The van der Waals surface area contributed by atoms with Gasteiger partial charge in [-0.05, 0) is 6.92 Å². The smallest absolute Gasteiger partial charge is 0.164 e. The molecular formula is C6H9O2. The van der Waals surface area contributed by atoms with Crippen molar-refractivity contribution in [3.63, 3.8) is 0 Å². The van der Waals surface area contributed by atoms with Crippen LogP contribution in [0.25, 0.3) is 0 Å². The van der Waals surface area contributed by atoms with Crippen LogP contribution in [0, 0.1) is 12.0 Å². The standard InChI is InChI=1S/C6H9O2/c1-4-5(2)8-3-6(4)7/h4H,3H2,1-2H3. The lowest BCUT2D eigenvalue weighted by molar-refractivity contribution is -0.120. The number of carbonyl (C=O) groups excluding carboxylic acids is 1. The van der Waals surface area contributed by atoms with Gasteiger partial charge in [0.25, 0.3) is 0 Å². The first-order valence-electron chi connectivity index (χ1n) is 2.71. The molecule has 0 spiro atoms. The average molecular weight is 113 g/mol. The van der Waals surface area contributed by atoms with Crippen molar-refractivity contribution in [3.05, 3.63) is 6.10 Å². The van der Waals surface area contributed by atoms with Crippen LogP contribution in [0.4, 0.5) is 0 Å². The van der Waals surface area contributed by atoms with Crippen LogP contribution in [-0.2, 0) is 9.53 Å². The van der Waals surface area contributed by atoms with Gasteiger partial charge in [-0.15, -0.1) is 0 Å². The van der Waals surface area contributed by atoms with Crippen LogP contribution in [0.5, 0.6) is 0 Å². The van der Waals surface area contributed by atoms with E-state index in [0.29, 0.717) is 0 Å². The Hall–Kier alpha value is -0.370. The van der Waals surface area contributed by atoms with E-state index in [1.807, 2.05) is 13.8 Å². The maximum atomic E-state index is 10.6. The van der Waals surface area contributed by atoms with Gasteiger partial charge >= 0.3 is 0 Å². The molecular weight excluding hydrogens is 104 g/mol. The molecule has 0 aliphatic carbocycles. The van der Waals surface area contributed by atoms with Crippen LogP contribution in [0.2, 0.25) is 0 Å². The Morgan fingerprint density at radius 1 is 1.75 bits per heavy atom. The van der Waals surface area contributed by atoms with Crippen molar-refractivity contribution in [2.75, 3.05) is 6.61 Å². The van der Waals surface area contributed by atoms with Crippen LogP contribution < -0.4 is 0 Å². The predicted molar refractivity (Wildman–Crippen MR) is 29.0 cm³/mol. The number of hydrogen-bond acceptors (Lipinski definition) is 2. The molecule has 0 saturated carbocycles. The molecule has 1 heterocycles. The van der Waals surface area contributed by atoms with Crippen molar-refractivity contribution in [2.24, 2.45) is 5.92 Å². The van der Waals surface area contributed by atoms with Crippen LogP contribution in [0.15, 0.2) is 0 Å². The number of hydrogen-bond donors (Lipinski definition) is 0. The SMILES string of the molecule is C[C]1OCC(=O)C1C. The van der Waals surface area contributed by atoms with Crippen LogP contribution in [-0.4, -0.2) is 12.4 Å². The highest BCUT2D eigenvalue weighted by molar-refractivity contribution is 5.85. The van der Waals surface area contributed by atoms with Crippen molar-refractivity contribution >= 4 is 5.78 Å². The Kier molecular flexibility index (Phi) is 1.34. The summed E-state index contributed by atoms with van der Waals surface area (Å²) in [6.45, 7) is 3.99. The van der Waals surface area contributed by atoms with Gasteiger partial charge in [-0.1, -0.05) is 6.92 Å². The van der Waals surface area contributed by atoms with Gasteiger partial charge in [-0.2, -0.15) is 0 Å². The minimum absolute atomic E-state index is 0.0370. The lowest BCUT2D eigenvalue weighted by Gasteiger charge is -2.01. The van der Waals surface area contributed by atoms with Crippen LogP contribution in [0.1, 0.15) is 13.8 Å². The van der Waals surface area contributed by atoms with E-state index in [4.69, 9.17) is 4.74 Å². The van der Waals surface area contributed by atoms with Gasteiger partial charge in [0, 0.05) is 5.92 Å². The average Bonchev–Trinajstić information content (AvgIpc) is 1.98. The van der Waals surface area contributed by atoms with Gasteiger partial charge in [0.1, 0.15) is 12.7 Å². The van der Waals surface area contributed by atoms with E-state index < -0.39 is 0 Å². The summed E-state index contributed by atoms with van der Waals surface area (Å²) in [7, 11) is 0. The Balaban J connectivity index is 2.56. The summed E-state index contributed by atoms with van der Waals surface area (Å²) in [5.74, 6) is 0.234. The van der Waals surface area contributed by atoms with Crippen molar-refractivity contribution in [1.29, 1.82) is 0 Å². The predicted octanol–water partition coefficient (Wildman–Crippen LogP) is 0.774. The second-order valence-electron chi connectivity index (χ2n) is 2.09. The maximum Gasteiger partial charge on any atom is 0.164 e. The Morgan fingerprint density at radius 2 is 2.38 bits per heavy atom. The molecule has 2 nitrogen and oxygen atoms in total. The van der Waals surface area contributed by atoms with Gasteiger partial charge in [0.15, 0.2) is 5.78 Å². The third-order valence-electron chi connectivity index (χ3n) is 1.53.